The van der Waals surface area contributed by atoms with Gasteiger partial charge in [0.25, 0.3) is 0 Å². The van der Waals surface area contributed by atoms with Gasteiger partial charge in [0.05, 0.1) is 5.57 Å². The predicted octanol–water partition coefficient (Wildman–Crippen LogP) is 2.48. The van der Waals surface area contributed by atoms with Crippen LogP contribution in [0.15, 0.2) is 47.6 Å². The average Bonchev–Trinajstić information content (AvgIpc) is 2.36. The molecule has 3 nitrogen and oxygen atoms in total. The van der Waals surface area contributed by atoms with Crippen LogP contribution in [0.25, 0.3) is 0 Å². The van der Waals surface area contributed by atoms with Crippen molar-refractivity contribution in [1.82, 2.24) is 0 Å². The normalized spacial score (nSPS) is 15.1. The van der Waals surface area contributed by atoms with Gasteiger partial charge in [-0.05, 0) is 30.7 Å². The molecule has 1 aromatic carbocycles. The number of hydrogen-bond donors (Lipinski definition) is 0. The van der Waals surface area contributed by atoms with Crippen LogP contribution in [0.5, 0.6) is 0 Å². The minimum atomic E-state index is -0.406. The van der Waals surface area contributed by atoms with Gasteiger partial charge in [-0.15, -0.1) is 0 Å². The lowest BCUT2D eigenvalue weighted by Gasteiger charge is -2.08. The number of carbonyl (C=O) groups is 3. The molecule has 1 aliphatic rings. The maximum absolute atomic E-state index is 12.0. The molecule has 0 heterocycles. The van der Waals surface area contributed by atoms with E-state index >= 15 is 0 Å². The average molecular weight is 275 g/mol. The molecular formula is C15H11ClO3. The van der Waals surface area contributed by atoms with Crippen molar-refractivity contribution in [2.24, 2.45) is 0 Å². The molecule has 0 aromatic heterocycles. The number of ketones is 3. The SMILES string of the molecule is CC1=CC(=O)C(C(=O)Cc2ccc(Cl)cc2)=CC1=O. The van der Waals surface area contributed by atoms with Gasteiger partial charge >= 0.3 is 0 Å². The van der Waals surface area contributed by atoms with E-state index in [1.807, 2.05) is 0 Å². The molecule has 0 unspecified atom stereocenters. The molecule has 1 aromatic rings. The summed E-state index contributed by atoms with van der Waals surface area (Å²) in [6.07, 6.45) is 2.41. The molecule has 2 rings (SSSR count). The van der Waals surface area contributed by atoms with Crippen LogP contribution in [-0.4, -0.2) is 17.3 Å². The first-order valence-electron chi connectivity index (χ1n) is 5.73. The quantitative estimate of drug-likeness (QED) is 0.628. The van der Waals surface area contributed by atoms with Crippen molar-refractivity contribution in [3.8, 4) is 0 Å². The minimum Gasteiger partial charge on any atom is -0.294 e. The molecule has 0 bridgehead atoms. The molecule has 0 aliphatic heterocycles. The molecule has 1 aliphatic carbocycles. The van der Waals surface area contributed by atoms with E-state index in [1.54, 1.807) is 31.2 Å². The highest BCUT2D eigenvalue weighted by Gasteiger charge is 2.23. The van der Waals surface area contributed by atoms with Gasteiger partial charge in [0.1, 0.15) is 0 Å². The summed E-state index contributed by atoms with van der Waals surface area (Å²) >= 11 is 5.75. The van der Waals surface area contributed by atoms with Gasteiger partial charge in [0.2, 0.25) is 0 Å². The first kappa shape index (κ1) is 13.4. The number of Topliss-reactive ketones (excluding diaryl/α,β-unsaturated/α-hetero) is 1. The highest BCUT2D eigenvalue weighted by molar-refractivity contribution is 6.32. The molecular weight excluding hydrogens is 264 g/mol. The molecule has 0 atom stereocenters. The van der Waals surface area contributed by atoms with Crippen molar-refractivity contribution < 1.29 is 14.4 Å². The lowest BCUT2D eigenvalue weighted by Crippen LogP contribution is -2.19. The summed E-state index contributed by atoms with van der Waals surface area (Å²) in [7, 11) is 0. The summed E-state index contributed by atoms with van der Waals surface area (Å²) in [5.74, 6) is -1.06. The lowest BCUT2D eigenvalue weighted by molar-refractivity contribution is -0.120. The van der Waals surface area contributed by atoms with E-state index in [1.165, 1.54) is 6.08 Å². The molecule has 0 amide bonds. The van der Waals surface area contributed by atoms with E-state index in [4.69, 9.17) is 11.6 Å². The van der Waals surface area contributed by atoms with Crippen molar-refractivity contribution in [3.63, 3.8) is 0 Å². The van der Waals surface area contributed by atoms with Crippen molar-refractivity contribution >= 4 is 29.0 Å². The van der Waals surface area contributed by atoms with Crippen LogP contribution < -0.4 is 0 Å². The van der Waals surface area contributed by atoms with Gasteiger partial charge in [-0.25, -0.2) is 0 Å². The smallest absolute Gasteiger partial charge is 0.189 e. The number of allylic oxidation sites excluding steroid dienone is 4. The minimum absolute atomic E-state index is 0.0504. The molecule has 96 valence electrons. The fourth-order valence-electron chi connectivity index (χ4n) is 1.76. The number of benzene rings is 1. The first-order chi connectivity index (χ1) is 8.97. The van der Waals surface area contributed by atoms with Crippen LogP contribution >= 0.6 is 11.6 Å². The van der Waals surface area contributed by atoms with Gasteiger partial charge in [0, 0.05) is 23.1 Å². The van der Waals surface area contributed by atoms with Crippen LogP contribution in [0.3, 0.4) is 0 Å². The maximum Gasteiger partial charge on any atom is 0.189 e. The lowest BCUT2D eigenvalue weighted by atomic mass is 9.92. The molecule has 0 fully saturated rings. The Hall–Kier alpha value is -2.00. The fourth-order valence-corrected chi connectivity index (χ4v) is 1.89. The molecule has 0 radical (unpaired) electrons. The van der Waals surface area contributed by atoms with Crippen LogP contribution in [0.4, 0.5) is 0 Å². The van der Waals surface area contributed by atoms with Crippen LogP contribution in [0.1, 0.15) is 12.5 Å². The monoisotopic (exact) mass is 274 g/mol. The second-order valence-corrected chi connectivity index (χ2v) is 4.78. The zero-order valence-corrected chi connectivity index (χ0v) is 11.0. The van der Waals surface area contributed by atoms with Crippen molar-refractivity contribution in [3.05, 3.63) is 58.1 Å². The van der Waals surface area contributed by atoms with E-state index < -0.39 is 5.78 Å². The Morgan fingerprint density at radius 3 is 2.32 bits per heavy atom. The fraction of sp³-hybridized carbons (Fsp3) is 0.133. The molecule has 0 N–H and O–H groups in total. The third-order valence-corrected chi connectivity index (χ3v) is 3.11. The van der Waals surface area contributed by atoms with Crippen LogP contribution in [0.2, 0.25) is 5.02 Å². The maximum atomic E-state index is 12.0. The number of carbonyl (C=O) groups excluding carboxylic acids is 3. The van der Waals surface area contributed by atoms with Gasteiger partial charge in [-0.3, -0.25) is 14.4 Å². The first-order valence-corrected chi connectivity index (χ1v) is 6.11. The van der Waals surface area contributed by atoms with E-state index in [-0.39, 0.29) is 23.6 Å². The van der Waals surface area contributed by atoms with Crippen LogP contribution in [0, 0.1) is 0 Å². The number of halogens is 1. The zero-order valence-electron chi connectivity index (χ0n) is 10.3. The van der Waals surface area contributed by atoms with E-state index in [0.29, 0.717) is 10.6 Å². The third-order valence-electron chi connectivity index (χ3n) is 2.86. The Balaban J connectivity index is 2.17. The highest BCUT2D eigenvalue weighted by Crippen LogP contribution is 2.16. The van der Waals surface area contributed by atoms with E-state index in [9.17, 15) is 14.4 Å². The Morgan fingerprint density at radius 1 is 1.05 bits per heavy atom. The molecule has 0 saturated heterocycles. The second-order valence-electron chi connectivity index (χ2n) is 4.34. The predicted molar refractivity (Wildman–Crippen MR) is 72.0 cm³/mol. The molecule has 0 saturated carbocycles. The summed E-state index contributed by atoms with van der Waals surface area (Å²) in [4.78, 5) is 35.2. The Bertz CT molecular complexity index is 621. The molecule has 0 spiro atoms. The van der Waals surface area contributed by atoms with Crippen LogP contribution in [-0.2, 0) is 20.8 Å². The topological polar surface area (TPSA) is 51.2 Å². The Kier molecular flexibility index (Phi) is 3.76. The Morgan fingerprint density at radius 2 is 1.68 bits per heavy atom. The highest BCUT2D eigenvalue weighted by atomic mass is 35.5. The van der Waals surface area contributed by atoms with Crippen molar-refractivity contribution in [2.45, 2.75) is 13.3 Å². The summed E-state index contributed by atoms with van der Waals surface area (Å²) in [6.45, 7) is 1.55. The van der Waals surface area contributed by atoms with E-state index in [2.05, 4.69) is 0 Å². The largest absolute Gasteiger partial charge is 0.294 e. The van der Waals surface area contributed by atoms with Gasteiger partial charge in [-0.1, -0.05) is 23.7 Å². The summed E-state index contributed by atoms with van der Waals surface area (Å²) in [5, 5.41) is 0.581. The summed E-state index contributed by atoms with van der Waals surface area (Å²) in [5.41, 5.74) is 1.06. The number of rotatable bonds is 3. The van der Waals surface area contributed by atoms with Crippen molar-refractivity contribution in [1.29, 1.82) is 0 Å². The number of hydrogen-bond acceptors (Lipinski definition) is 3. The van der Waals surface area contributed by atoms with Crippen molar-refractivity contribution in [2.75, 3.05) is 0 Å². The standard InChI is InChI=1S/C15H11ClO3/c1-9-6-14(18)12(8-13(9)17)15(19)7-10-2-4-11(16)5-3-10/h2-6,8H,7H2,1H3. The Labute approximate surface area is 115 Å². The van der Waals surface area contributed by atoms with Gasteiger partial charge < -0.3 is 0 Å². The summed E-state index contributed by atoms with van der Waals surface area (Å²) in [6, 6.07) is 6.79. The summed E-state index contributed by atoms with van der Waals surface area (Å²) < 4.78 is 0. The van der Waals surface area contributed by atoms with E-state index in [0.717, 1.165) is 11.6 Å². The zero-order chi connectivity index (χ0) is 14.0. The van der Waals surface area contributed by atoms with Gasteiger partial charge in [-0.2, -0.15) is 0 Å². The molecule has 4 heteroatoms. The second kappa shape index (κ2) is 5.33. The van der Waals surface area contributed by atoms with Gasteiger partial charge in [0.15, 0.2) is 17.3 Å². The molecule has 19 heavy (non-hydrogen) atoms. The third kappa shape index (κ3) is 3.06.